The van der Waals surface area contributed by atoms with Crippen LogP contribution in [0.3, 0.4) is 0 Å². The fraction of sp³-hybridized carbons (Fsp3) is 0.385. The summed E-state index contributed by atoms with van der Waals surface area (Å²) in [6.07, 6.45) is 2.11. The van der Waals surface area contributed by atoms with Crippen LogP contribution in [0.25, 0.3) is 0 Å². The molecule has 1 aliphatic heterocycles. The maximum Gasteiger partial charge on any atom is 0.346 e. The Hall–Kier alpha value is -1.36. The summed E-state index contributed by atoms with van der Waals surface area (Å²) in [4.78, 5) is 17.6. The summed E-state index contributed by atoms with van der Waals surface area (Å²) in [7, 11) is 0. The van der Waals surface area contributed by atoms with Crippen LogP contribution >= 0.6 is 15.9 Å². The highest BCUT2D eigenvalue weighted by molar-refractivity contribution is 9.10. The Morgan fingerprint density at radius 1 is 1.44 bits per heavy atom. The van der Waals surface area contributed by atoms with Crippen molar-refractivity contribution in [3.63, 3.8) is 0 Å². The first-order valence-corrected chi connectivity index (χ1v) is 6.79. The highest BCUT2D eigenvalue weighted by atomic mass is 79.9. The minimum Gasteiger partial charge on any atom is -0.385 e. The zero-order chi connectivity index (χ0) is 12.9. The molecule has 3 rings (SSSR count). The molecule has 5 heteroatoms. The fourth-order valence-electron chi connectivity index (χ4n) is 2.31. The first-order valence-electron chi connectivity index (χ1n) is 6.00. The van der Waals surface area contributed by atoms with E-state index in [9.17, 15) is 4.79 Å². The van der Waals surface area contributed by atoms with E-state index in [-0.39, 0.29) is 12.1 Å². The molecule has 1 fully saturated rings. The van der Waals surface area contributed by atoms with E-state index in [0.717, 1.165) is 28.4 Å². The van der Waals surface area contributed by atoms with Gasteiger partial charge < -0.3 is 10.6 Å². The van der Waals surface area contributed by atoms with Crippen LogP contribution < -0.4 is 5.73 Å². The summed E-state index contributed by atoms with van der Waals surface area (Å²) in [6.45, 7) is 2.03. The molecule has 1 aromatic rings. The number of halogens is 1. The van der Waals surface area contributed by atoms with Gasteiger partial charge in [0.15, 0.2) is 0 Å². The Morgan fingerprint density at radius 2 is 2.17 bits per heavy atom. The van der Waals surface area contributed by atoms with Crippen molar-refractivity contribution in [2.24, 2.45) is 10.7 Å². The van der Waals surface area contributed by atoms with Gasteiger partial charge in [-0.3, -0.25) is 0 Å². The number of nitrogens with two attached hydrogens (primary N) is 1. The molecule has 2 N–H and O–H groups in total. The average molecular weight is 308 g/mol. The van der Waals surface area contributed by atoms with E-state index in [1.54, 1.807) is 0 Å². The molecule has 0 spiro atoms. The fourth-order valence-corrected chi connectivity index (χ4v) is 2.71. The molecule has 2 aliphatic rings. The lowest BCUT2D eigenvalue weighted by Crippen LogP contribution is -2.35. The van der Waals surface area contributed by atoms with Gasteiger partial charge in [0, 0.05) is 10.5 Å². The summed E-state index contributed by atoms with van der Waals surface area (Å²) >= 11 is 3.52. The van der Waals surface area contributed by atoms with Gasteiger partial charge in [-0.1, -0.05) is 28.1 Å². The van der Waals surface area contributed by atoms with Crippen molar-refractivity contribution in [2.75, 3.05) is 0 Å². The van der Waals surface area contributed by atoms with Crippen LogP contribution in [0.15, 0.2) is 27.7 Å². The molecule has 1 unspecified atom stereocenters. The van der Waals surface area contributed by atoms with Crippen molar-refractivity contribution in [1.82, 2.24) is 4.90 Å². The number of amidine groups is 1. The molecule has 0 saturated heterocycles. The molecule has 0 radical (unpaired) electrons. The number of carbonyl (C=O) groups is 1. The van der Waals surface area contributed by atoms with Crippen molar-refractivity contribution in [3.8, 4) is 0 Å². The van der Waals surface area contributed by atoms with Crippen LogP contribution in [0.4, 0.5) is 4.79 Å². The molecule has 1 atom stereocenters. The van der Waals surface area contributed by atoms with Crippen molar-refractivity contribution in [1.29, 1.82) is 0 Å². The molecule has 1 aromatic carbocycles. The lowest BCUT2D eigenvalue weighted by Gasteiger charge is -2.24. The average Bonchev–Trinajstić information content (AvgIpc) is 3.09. The Labute approximate surface area is 114 Å². The number of carbonyl (C=O) groups excluding carboxylic acids is 1. The Kier molecular flexibility index (Phi) is 2.66. The van der Waals surface area contributed by atoms with E-state index < -0.39 is 0 Å². The Bertz CT molecular complexity index is 551. The van der Waals surface area contributed by atoms with Crippen molar-refractivity contribution >= 4 is 27.8 Å². The molecular formula is C13H14BrN3O. The number of urea groups is 1. The molecule has 94 valence electrons. The third kappa shape index (κ3) is 1.82. The lowest BCUT2D eigenvalue weighted by atomic mass is 10.0. The quantitative estimate of drug-likeness (QED) is 0.913. The topological polar surface area (TPSA) is 58.7 Å². The van der Waals surface area contributed by atoms with Gasteiger partial charge in [0.2, 0.25) is 0 Å². The maximum atomic E-state index is 11.8. The smallest absolute Gasteiger partial charge is 0.346 e. The van der Waals surface area contributed by atoms with Crippen molar-refractivity contribution < 1.29 is 4.79 Å². The Balaban J connectivity index is 2.00. The van der Waals surface area contributed by atoms with Crippen molar-refractivity contribution in [2.45, 2.75) is 31.8 Å². The van der Waals surface area contributed by atoms with Crippen LogP contribution in [0.2, 0.25) is 0 Å². The molecule has 2 amide bonds. The van der Waals surface area contributed by atoms with Crippen LogP contribution in [0.1, 0.15) is 30.0 Å². The van der Waals surface area contributed by atoms with Crippen LogP contribution in [0.5, 0.6) is 0 Å². The minimum absolute atomic E-state index is 0.193. The summed E-state index contributed by atoms with van der Waals surface area (Å²) in [5.74, 6) is 0.405. The molecule has 4 nitrogen and oxygen atoms in total. The minimum atomic E-state index is -0.198. The van der Waals surface area contributed by atoms with Crippen LogP contribution in [-0.2, 0) is 0 Å². The monoisotopic (exact) mass is 307 g/mol. The van der Waals surface area contributed by atoms with Crippen LogP contribution in [0, 0.1) is 6.92 Å². The van der Waals surface area contributed by atoms with E-state index in [0.29, 0.717) is 11.9 Å². The highest BCUT2D eigenvalue weighted by Crippen LogP contribution is 2.38. The second kappa shape index (κ2) is 4.09. The van der Waals surface area contributed by atoms with Gasteiger partial charge in [0.25, 0.3) is 0 Å². The summed E-state index contributed by atoms with van der Waals surface area (Å²) in [5, 5.41) is 0. The summed E-state index contributed by atoms with van der Waals surface area (Å²) in [6, 6.07) is 5.99. The molecule has 1 aliphatic carbocycles. The summed E-state index contributed by atoms with van der Waals surface area (Å²) in [5.41, 5.74) is 8.10. The van der Waals surface area contributed by atoms with Gasteiger partial charge in [-0.2, -0.15) is 4.99 Å². The largest absolute Gasteiger partial charge is 0.385 e. The zero-order valence-corrected chi connectivity index (χ0v) is 11.6. The third-order valence-corrected chi connectivity index (χ3v) is 4.31. The number of nitrogens with zero attached hydrogens (tertiary/aromatic N) is 2. The number of aryl methyl sites for hydroxylation is 1. The number of rotatable bonds is 2. The standard InChI is InChI=1S/C13H14BrN3O/c1-7-2-3-8(6-10(7)14)11-12(15)16-13(18)17(11)9-4-5-9/h2-3,6,9,11H,4-5H2,1H3,(H2,15,16,18). The van der Waals surface area contributed by atoms with Crippen molar-refractivity contribution in [3.05, 3.63) is 33.8 Å². The molecular weight excluding hydrogens is 294 g/mol. The second-order valence-corrected chi connectivity index (χ2v) is 5.72. The van der Waals surface area contributed by atoms with Gasteiger partial charge in [-0.15, -0.1) is 0 Å². The number of amides is 2. The Morgan fingerprint density at radius 3 is 2.78 bits per heavy atom. The predicted octanol–water partition coefficient (Wildman–Crippen LogP) is 2.75. The summed E-state index contributed by atoms with van der Waals surface area (Å²) < 4.78 is 1.03. The van der Waals surface area contributed by atoms with E-state index in [1.807, 2.05) is 30.0 Å². The van der Waals surface area contributed by atoms with Crippen LogP contribution in [-0.4, -0.2) is 22.8 Å². The molecule has 0 bridgehead atoms. The molecule has 1 saturated carbocycles. The number of hydrogen-bond donors (Lipinski definition) is 1. The number of aliphatic imine (C=N–C) groups is 1. The van der Waals surface area contributed by atoms with Gasteiger partial charge in [0.05, 0.1) is 0 Å². The molecule has 18 heavy (non-hydrogen) atoms. The number of benzene rings is 1. The van der Waals surface area contributed by atoms with Gasteiger partial charge in [-0.05, 0) is 37.0 Å². The van der Waals surface area contributed by atoms with Gasteiger partial charge in [0.1, 0.15) is 11.9 Å². The highest BCUT2D eigenvalue weighted by Gasteiger charge is 2.43. The van der Waals surface area contributed by atoms with Gasteiger partial charge in [-0.25, -0.2) is 4.79 Å². The second-order valence-electron chi connectivity index (χ2n) is 4.87. The predicted molar refractivity (Wildman–Crippen MR) is 73.5 cm³/mol. The van der Waals surface area contributed by atoms with E-state index in [2.05, 4.69) is 20.9 Å². The molecule has 1 heterocycles. The first kappa shape index (κ1) is 11.7. The SMILES string of the molecule is Cc1ccc(C2C(N)=NC(=O)N2C2CC2)cc1Br. The number of hydrogen-bond acceptors (Lipinski definition) is 2. The lowest BCUT2D eigenvalue weighted by molar-refractivity contribution is 0.203. The van der Waals surface area contributed by atoms with Gasteiger partial charge >= 0.3 is 6.03 Å². The normalized spacial score (nSPS) is 23.4. The zero-order valence-electron chi connectivity index (χ0n) is 10.1. The van der Waals surface area contributed by atoms with E-state index in [4.69, 9.17) is 5.73 Å². The molecule has 0 aromatic heterocycles. The van der Waals surface area contributed by atoms with E-state index >= 15 is 0 Å². The maximum absolute atomic E-state index is 11.8. The first-order chi connectivity index (χ1) is 8.58. The third-order valence-electron chi connectivity index (χ3n) is 3.46. The van der Waals surface area contributed by atoms with E-state index in [1.165, 1.54) is 0 Å².